The van der Waals surface area contributed by atoms with Crippen LogP contribution in [0.4, 0.5) is 0 Å². The quantitative estimate of drug-likeness (QED) is 0.884. The maximum atomic E-state index is 12.4. The van der Waals surface area contributed by atoms with Gasteiger partial charge in [0.15, 0.2) is 5.03 Å². The Morgan fingerprint density at radius 2 is 1.74 bits per heavy atom. The molecule has 2 N–H and O–H groups in total. The summed E-state index contributed by atoms with van der Waals surface area (Å²) in [7, 11) is -3.45. The molecule has 0 amide bonds. The molecule has 1 aromatic rings. The first-order valence-corrected chi connectivity index (χ1v) is 8.56. The van der Waals surface area contributed by atoms with Gasteiger partial charge in [0.1, 0.15) is 0 Å². The van der Waals surface area contributed by atoms with Gasteiger partial charge in [-0.15, -0.1) is 0 Å². The number of nitrogens with zero attached hydrogens (tertiary/aromatic N) is 1. The Morgan fingerprint density at radius 1 is 1.16 bits per heavy atom. The van der Waals surface area contributed by atoms with Gasteiger partial charge >= 0.3 is 0 Å². The number of hydrogen-bond acceptors (Lipinski definition) is 3. The SMILES string of the molecule is O=S(=O)(NC12CC3CC(CC(C3)C1)C2)c1ccn[nH]1. The molecule has 4 aliphatic rings. The molecule has 0 spiro atoms. The standard InChI is InChI=1S/C13H19N3O2S/c17-19(18,12-1-2-14-15-12)16-13-6-9-3-10(7-13)5-11(4-9)8-13/h1-2,9-11,16H,3-8H2,(H,14,15). The van der Waals surface area contributed by atoms with Gasteiger partial charge < -0.3 is 0 Å². The van der Waals surface area contributed by atoms with E-state index in [9.17, 15) is 8.42 Å². The highest BCUT2D eigenvalue weighted by atomic mass is 32.2. The number of aromatic nitrogens is 2. The molecule has 4 bridgehead atoms. The van der Waals surface area contributed by atoms with Crippen molar-refractivity contribution in [1.29, 1.82) is 0 Å². The largest absolute Gasteiger partial charge is 0.266 e. The normalized spacial score (nSPS) is 40.7. The van der Waals surface area contributed by atoms with E-state index < -0.39 is 10.0 Å². The van der Waals surface area contributed by atoms with Gasteiger partial charge in [0.25, 0.3) is 10.0 Å². The van der Waals surface area contributed by atoms with Crippen LogP contribution in [0, 0.1) is 17.8 Å². The van der Waals surface area contributed by atoms with Gasteiger partial charge in [-0.05, 0) is 62.3 Å². The molecule has 1 heterocycles. The maximum absolute atomic E-state index is 12.4. The van der Waals surface area contributed by atoms with Crippen molar-refractivity contribution in [3.63, 3.8) is 0 Å². The van der Waals surface area contributed by atoms with E-state index in [0.29, 0.717) is 0 Å². The highest BCUT2D eigenvalue weighted by Gasteiger charge is 2.52. The summed E-state index contributed by atoms with van der Waals surface area (Å²) in [5.41, 5.74) is -0.182. The summed E-state index contributed by atoms with van der Waals surface area (Å²) >= 11 is 0. The molecule has 0 saturated heterocycles. The Hall–Kier alpha value is -0.880. The van der Waals surface area contributed by atoms with E-state index in [0.717, 1.165) is 37.0 Å². The molecular weight excluding hydrogens is 262 g/mol. The summed E-state index contributed by atoms with van der Waals surface area (Å²) in [4.78, 5) is 0. The van der Waals surface area contributed by atoms with Gasteiger partial charge in [-0.2, -0.15) is 5.10 Å². The Kier molecular flexibility index (Phi) is 2.39. The Bertz CT molecular complexity index is 544. The average Bonchev–Trinajstić information content (AvgIpc) is 2.78. The third-order valence-electron chi connectivity index (χ3n) is 5.15. The van der Waals surface area contributed by atoms with Crippen molar-refractivity contribution in [2.75, 3.05) is 0 Å². The Morgan fingerprint density at radius 3 is 2.21 bits per heavy atom. The molecule has 4 fully saturated rings. The first-order chi connectivity index (χ1) is 9.05. The molecule has 4 aliphatic carbocycles. The predicted octanol–water partition coefficient (Wildman–Crippen LogP) is 1.66. The fraction of sp³-hybridized carbons (Fsp3) is 0.769. The molecule has 5 nitrogen and oxygen atoms in total. The minimum Gasteiger partial charge on any atom is -0.266 e. The topological polar surface area (TPSA) is 74.8 Å². The summed E-state index contributed by atoms with van der Waals surface area (Å²) in [5, 5.41) is 6.48. The highest BCUT2D eigenvalue weighted by Crippen LogP contribution is 2.55. The van der Waals surface area contributed by atoms with Gasteiger partial charge in [-0.3, -0.25) is 5.10 Å². The van der Waals surface area contributed by atoms with Gasteiger partial charge in [0.05, 0.1) is 6.20 Å². The summed E-state index contributed by atoms with van der Waals surface area (Å²) < 4.78 is 27.8. The minimum absolute atomic E-state index is 0.182. The van der Waals surface area contributed by atoms with E-state index in [-0.39, 0.29) is 10.6 Å². The molecule has 4 saturated carbocycles. The number of sulfonamides is 1. The van der Waals surface area contributed by atoms with Crippen molar-refractivity contribution in [2.45, 2.75) is 49.1 Å². The van der Waals surface area contributed by atoms with Crippen LogP contribution in [0.2, 0.25) is 0 Å². The highest BCUT2D eigenvalue weighted by molar-refractivity contribution is 7.89. The number of H-pyrrole nitrogens is 1. The van der Waals surface area contributed by atoms with E-state index in [1.807, 2.05) is 0 Å². The van der Waals surface area contributed by atoms with Crippen LogP contribution in [0.5, 0.6) is 0 Å². The lowest BCUT2D eigenvalue weighted by atomic mass is 9.53. The second-order valence-corrected chi connectivity index (χ2v) is 8.38. The average molecular weight is 281 g/mol. The fourth-order valence-corrected chi connectivity index (χ4v) is 6.31. The van der Waals surface area contributed by atoms with E-state index in [4.69, 9.17) is 0 Å². The van der Waals surface area contributed by atoms with Crippen molar-refractivity contribution in [2.24, 2.45) is 17.8 Å². The van der Waals surface area contributed by atoms with Crippen LogP contribution >= 0.6 is 0 Å². The van der Waals surface area contributed by atoms with E-state index in [1.165, 1.54) is 31.5 Å². The molecular formula is C13H19N3O2S. The maximum Gasteiger partial charge on any atom is 0.257 e. The summed E-state index contributed by atoms with van der Waals surface area (Å²) in [5.74, 6) is 2.20. The van der Waals surface area contributed by atoms with Gasteiger partial charge in [-0.1, -0.05) is 0 Å². The monoisotopic (exact) mass is 281 g/mol. The lowest BCUT2D eigenvalue weighted by molar-refractivity contribution is -0.00813. The van der Waals surface area contributed by atoms with Crippen LogP contribution in [0.25, 0.3) is 0 Å². The first-order valence-electron chi connectivity index (χ1n) is 7.08. The Balaban J connectivity index is 1.63. The fourth-order valence-electron chi connectivity index (χ4n) is 4.97. The van der Waals surface area contributed by atoms with Crippen molar-refractivity contribution < 1.29 is 8.42 Å². The second-order valence-electron chi connectivity index (χ2n) is 6.72. The summed E-state index contributed by atoms with van der Waals surface area (Å²) in [6, 6.07) is 1.52. The molecule has 0 unspecified atom stereocenters. The van der Waals surface area contributed by atoms with Crippen LogP contribution in [-0.2, 0) is 10.0 Å². The number of aromatic amines is 1. The number of rotatable bonds is 3. The van der Waals surface area contributed by atoms with Crippen molar-refractivity contribution in [3.05, 3.63) is 12.3 Å². The molecule has 5 rings (SSSR count). The smallest absolute Gasteiger partial charge is 0.257 e. The molecule has 6 heteroatoms. The molecule has 0 radical (unpaired) electrons. The van der Waals surface area contributed by atoms with Crippen LogP contribution in [-0.4, -0.2) is 24.2 Å². The molecule has 0 aliphatic heterocycles. The third kappa shape index (κ3) is 1.92. The zero-order valence-electron chi connectivity index (χ0n) is 10.8. The van der Waals surface area contributed by atoms with E-state index in [2.05, 4.69) is 14.9 Å². The molecule has 104 valence electrons. The molecule has 0 aromatic carbocycles. The number of nitrogens with one attached hydrogen (secondary N) is 2. The summed E-state index contributed by atoms with van der Waals surface area (Å²) in [6.07, 6.45) is 8.47. The second kappa shape index (κ2) is 3.82. The zero-order chi connectivity index (χ0) is 13.1. The first kappa shape index (κ1) is 11.9. The summed E-state index contributed by atoms with van der Waals surface area (Å²) in [6.45, 7) is 0. The van der Waals surface area contributed by atoms with Crippen LogP contribution in [0.1, 0.15) is 38.5 Å². The Labute approximate surface area is 113 Å². The van der Waals surface area contributed by atoms with Gasteiger partial charge in [0, 0.05) is 5.54 Å². The van der Waals surface area contributed by atoms with Gasteiger partial charge in [-0.25, -0.2) is 13.1 Å². The lowest BCUT2D eigenvalue weighted by Gasteiger charge is -2.56. The molecule has 19 heavy (non-hydrogen) atoms. The van der Waals surface area contributed by atoms with E-state index >= 15 is 0 Å². The molecule has 0 atom stereocenters. The predicted molar refractivity (Wildman–Crippen MR) is 69.8 cm³/mol. The van der Waals surface area contributed by atoms with E-state index in [1.54, 1.807) is 0 Å². The lowest BCUT2D eigenvalue weighted by Crippen LogP contribution is -2.59. The zero-order valence-corrected chi connectivity index (χ0v) is 11.6. The third-order valence-corrected chi connectivity index (χ3v) is 6.66. The van der Waals surface area contributed by atoms with Crippen LogP contribution in [0.15, 0.2) is 17.3 Å². The minimum atomic E-state index is -3.45. The number of hydrogen-bond donors (Lipinski definition) is 2. The van der Waals surface area contributed by atoms with Crippen LogP contribution < -0.4 is 4.72 Å². The van der Waals surface area contributed by atoms with Crippen LogP contribution in [0.3, 0.4) is 0 Å². The molecule has 1 aromatic heterocycles. The van der Waals surface area contributed by atoms with Crippen molar-refractivity contribution >= 4 is 10.0 Å². The van der Waals surface area contributed by atoms with Crippen molar-refractivity contribution in [3.8, 4) is 0 Å². The van der Waals surface area contributed by atoms with Crippen molar-refractivity contribution in [1.82, 2.24) is 14.9 Å². The van der Waals surface area contributed by atoms with Gasteiger partial charge in [0.2, 0.25) is 0 Å².